The quantitative estimate of drug-likeness (QED) is 0.633. The third-order valence-corrected chi connectivity index (χ3v) is 2.57. The molecule has 20 heavy (non-hydrogen) atoms. The Morgan fingerprint density at radius 2 is 2.30 bits per heavy atom. The van der Waals surface area contributed by atoms with Crippen LogP contribution in [0.1, 0.15) is 29.0 Å². The molecule has 7 nitrogen and oxygen atoms in total. The fourth-order valence-electron chi connectivity index (χ4n) is 1.65. The summed E-state index contributed by atoms with van der Waals surface area (Å²) in [5.74, 6) is 0.604. The molecule has 0 aliphatic heterocycles. The van der Waals surface area contributed by atoms with Gasteiger partial charge in [0.1, 0.15) is 0 Å². The first kappa shape index (κ1) is 13.9. The summed E-state index contributed by atoms with van der Waals surface area (Å²) < 4.78 is 9.81. The molecule has 0 radical (unpaired) electrons. The van der Waals surface area contributed by atoms with Crippen molar-refractivity contribution in [1.29, 1.82) is 0 Å². The molecule has 1 heterocycles. The molecular weight excluding hydrogens is 260 g/mol. The standard InChI is InChI=1S/C13H16N4O3/c1-3-19-13(18)10-6-9(4-5-11(10)14)15-7-12-16-8(2)20-17-12/h4-6,15H,3,7,14H2,1-2H3. The highest BCUT2D eigenvalue weighted by atomic mass is 16.5. The number of rotatable bonds is 5. The van der Waals surface area contributed by atoms with Gasteiger partial charge in [0.05, 0.1) is 18.7 Å². The van der Waals surface area contributed by atoms with Crippen molar-refractivity contribution in [2.45, 2.75) is 20.4 Å². The molecule has 0 fully saturated rings. The second-order valence-corrected chi connectivity index (χ2v) is 4.11. The molecule has 0 aliphatic rings. The highest BCUT2D eigenvalue weighted by molar-refractivity contribution is 5.96. The lowest BCUT2D eigenvalue weighted by molar-refractivity contribution is 0.0527. The maximum atomic E-state index is 11.7. The smallest absolute Gasteiger partial charge is 0.340 e. The van der Waals surface area contributed by atoms with Gasteiger partial charge in [-0.3, -0.25) is 0 Å². The minimum absolute atomic E-state index is 0.304. The topological polar surface area (TPSA) is 103 Å². The minimum atomic E-state index is -0.441. The molecule has 0 saturated carbocycles. The summed E-state index contributed by atoms with van der Waals surface area (Å²) in [6.07, 6.45) is 0. The lowest BCUT2D eigenvalue weighted by atomic mass is 10.1. The van der Waals surface area contributed by atoms with Gasteiger partial charge < -0.3 is 20.3 Å². The van der Waals surface area contributed by atoms with Crippen LogP contribution in [0.2, 0.25) is 0 Å². The van der Waals surface area contributed by atoms with E-state index in [4.69, 9.17) is 15.0 Å². The molecule has 0 aliphatic carbocycles. The van der Waals surface area contributed by atoms with Gasteiger partial charge in [-0.25, -0.2) is 4.79 Å². The van der Waals surface area contributed by atoms with Crippen molar-refractivity contribution in [1.82, 2.24) is 10.1 Å². The molecular formula is C13H16N4O3. The number of nitrogens with two attached hydrogens (primary N) is 1. The number of ether oxygens (including phenoxy) is 1. The Morgan fingerprint density at radius 3 is 2.95 bits per heavy atom. The van der Waals surface area contributed by atoms with E-state index in [1.165, 1.54) is 0 Å². The summed E-state index contributed by atoms with van der Waals surface area (Å²) in [5, 5.41) is 6.86. The van der Waals surface area contributed by atoms with Gasteiger partial charge in [-0.1, -0.05) is 5.16 Å². The van der Waals surface area contributed by atoms with Gasteiger partial charge in [-0.05, 0) is 25.1 Å². The first-order valence-electron chi connectivity index (χ1n) is 6.20. The number of nitrogens with zero attached hydrogens (tertiary/aromatic N) is 2. The third-order valence-electron chi connectivity index (χ3n) is 2.57. The van der Waals surface area contributed by atoms with Crippen molar-refractivity contribution in [2.75, 3.05) is 17.7 Å². The second-order valence-electron chi connectivity index (χ2n) is 4.11. The molecule has 0 bridgehead atoms. The number of hydrogen-bond donors (Lipinski definition) is 2. The minimum Gasteiger partial charge on any atom is -0.462 e. The van der Waals surface area contributed by atoms with Gasteiger partial charge in [-0.15, -0.1) is 0 Å². The molecule has 1 aromatic carbocycles. The summed E-state index contributed by atoms with van der Waals surface area (Å²) in [7, 11) is 0. The van der Waals surface area contributed by atoms with E-state index >= 15 is 0 Å². The third kappa shape index (κ3) is 3.25. The highest BCUT2D eigenvalue weighted by Gasteiger charge is 2.11. The lowest BCUT2D eigenvalue weighted by Gasteiger charge is -2.09. The first-order valence-corrected chi connectivity index (χ1v) is 6.20. The predicted molar refractivity (Wildman–Crippen MR) is 73.2 cm³/mol. The number of esters is 1. The van der Waals surface area contributed by atoms with Crippen LogP contribution in [0, 0.1) is 6.92 Å². The number of aryl methyl sites for hydroxylation is 1. The summed E-state index contributed by atoms with van der Waals surface area (Å²) in [5.41, 5.74) is 7.20. The molecule has 2 aromatic rings. The summed E-state index contributed by atoms with van der Waals surface area (Å²) in [6.45, 7) is 4.16. The molecule has 2 rings (SSSR count). The second kappa shape index (κ2) is 6.05. The largest absolute Gasteiger partial charge is 0.462 e. The molecule has 0 spiro atoms. The molecule has 3 N–H and O–H groups in total. The fraction of sp³-hybridized carbons (Fsp3) is 0.308. The van der Waals surface area contributed by atoms with E-state index in [1.807, 2.05) is 0 Å². The van der Waals surface area contributed by atoms with Gasteiger partial charge in [0.25, 0.3) is 0 Å². The molecule has 1 aromatic heterocycles. The summed E-state index contributed by atoms with van der Waals surface area (Å²) >= 11 is 0. The van der Waals surface area contributed by atoms with E-state index in [1.54, 1.807) is 32.0 Å². The van der Waals surface area contributed by atoms with Crippen LogP contribution in [0.3, 0.4) is 0 Å². The van der Waals surface area contributed by atoms with Crippen LogP contribution in [0.25, 0.3) is 0 Å². The van der Waals surface area contributed by atoms with Gasteiger partial charge in [-0.2, -0.15) is 4.98 Å². The Labute approximate surface area is 116 Å². The zero-order valence-corrected chi connectivity index (χ0v) is 11.3. The Balaban J connectivity index is 2.08. The maximum absolute atomic E-state index is 11.7. The molecule has 0 atom stereocenters. The van der Waals surface area contributed by atoms with E-state index in [0.717, 1.165) is 5.69 Å². The van der Waals surface area contributed by atoms with Crippen molar-refractivity contribution in [3.05, 3.63) is 35.5 Å². The monoisotopic (exact) mass is 276 g/mol. The normalized spacial score (nSPS) is 10.3. The van der Waals surface area contributed by atoms with Crippen molar-refractivity contribution >= 4 is 17.3 Å². The van der Waals surface area contributed by atoms with E-state index in [0.29, 0.717) is 36.1 Å². The maximum Gasteiger partial charge on any atom is 0.340 e. The average Bonchev–Trinajstić information content (AvgIpc) is 2.84. The Kier molecular flexibility index (Phi) is 4.19. The van der Waals surface area contributed by atoms with Crippen molar-refractivity contribution < 1.29 is 14.1 Å². The van der Waals surface area contributed by atoms with Crippen LogP contribution in [0.4, 0.5) is 11.4 Å². The van der Waals surface area contributed by atoms with Crippen LogP contribution in [0.5, 0.6) is 0 Å². The van der Waals surface area contributed by atoms with Crippen molar-refractivity contribution in [3.8, 4) is 0 Å². The van der Waals surface area contributed by atoms with E-state index in [2.05, 4.69) is 15.5 Å². The van der Waals surface area contributed by atoms with Gasteiger partial charge in [0, 0.05) is 18.3 Å². The van der Waals surface area contributed by atoms with Crippen LogP contribution in [-0.2, 0) is 11.3 Å². The molecule has 106 valence electrons. The Morgan fingerprint density at radius 1 is 1.50 bits per heavy atom. The zero-order chi connectivity index (χ0) is 14.5. The Hall–Kier alpha value is -2.57. The molecule has 0 saturated heterocycles. The van der Waals surface area contributed by atoms with Gasteiger partial charge in [0.15, 0.2) is 5.82 Å². The highest BCUT2D eigenvalue weighted by Crippen LogP contribution is 2.19. The number of nitrogen functional groups attached to an aromatic ring is 1. The molecule has 0 unspecified atom stereocenters. The fourth-order valence-corrected chi connectivity index (χ4v) is 1.65. The SMILES string of the molecule is CCOC(=O)c1cc(NCc2noc(C)n2)ccc1N. The number of nitrogens with one attached hydrogen (secondary N) is 1. The average molecular weight is 276 g/mol. The van der Waals surface area contributed by atoms with Gasteiger partial charge in [0.2, 0.25) is 5.89 Å². The van der Waals surface area contributed by atoms with Crippen LogP contribution in [-0.4, -0.2) is 22.7 Å². The summed E-state index contributed by atoms with van der Waals surface area (Å²) in [6, 6.07) is 5.06. The Bertz CT molecular complexity index is 609. The predicted octanol–water partition coefficient (Wildman–Crippen LogP) is 1.75. The van der Waals surface area contributed by atoms with E-state index < -0.39 is 5.97 Å². The van der Waals surface area contributed by atoms with Crippen molar-refractivity contribution in [3.63, 3.8) is 0 Å². The number of hydrogen-bond acceptors (Lipinski definition) is 7. The molecule has 0 amide bonds. The van der Waals surface area contributed by atoms with Crippen LogP contribution < -0.4 is 11.1 Å². The first-order chi connectivity index (χ1) is 9.60. The number of anilines is 2. The zero-order valence-electron chi connectivity index (χ0n) is 11.3. The summed E-state index contributed by atoms with van der Waals surface area (Å²) in [4.78, 5) is 15.8. The van der Waals surface area contributed by atoms with E-state index in [-0.39, 0.29) is 0 Å². The van der Waals surface area contributed by atoms with Crippen molar-refractivity contribution in [2.24, 2.45) is 0 Å². The molecule has 7 heteroatoms. The van der Waals surface area contributed by atoms with E-state index in [9.17, 15) is 4.79 Å². The number of carbonyl (C=O) groups excluding carboxylic acids is 1. The lowest BCUT2D eigenvalue weighted by Crippen LogP contribution is -2.09. The van der Waals surface area contributed by atoms with Crippen LogP contribution >= 0.6 is 0 Å². The van der Waals surface area contributed by atoms with Gasteiger partial charge >= 0.3 is 5.97 Å². The van der Waals surface area contributed by atoms with Crippen LogP contribution in [0.15, 0.2) is 22.7 Å². The number of aromatic nitrogens is 2. The number of carbonyl (C=O) groups is 1. The number of benzene rings is 1.